The van der Waals surface area contributed by atoms with Gasteiger partial charge in [-0.05, 0) is 60.9 Å². The van der Waals surface area contributed by atoms with E-state index in [0.717, 1.165) is 24.8 Å². The zero-order valence-corrected chi connectivity index (χ0v) is 14.5. The molecule has 1 atom stereocenters. The minimum atomic E-state index is -3.27. The summed E-state index contributed by atoms with van der Waals surface area (Å²) < 4.78 is 34.1. The molecule has 1 unspecified atom stereocenters. The van der Waals surface area contributed by atoms with E-state index in [-0.39, 0.29) is 16.6 Å². The first-order chi connectivity index (χ1) is 11.8. The Morgan fingerprint density at radius 1 is 1.20 bits per heavy atom. The molecule has 1 aliphatic heterocycles. The molecule has 2 aromatic rings. The molecule has 0 bridgehead atoms. The molecule has 7 heteroatoms. The molecule has 0 radical (unpaired) electrons. The van der Waals surface area contributed by atoms with Crippen LogP contribution in [0.3, 0.4) is 0 Å². The highest BCUT2D eigenvalue weighted by Gasteiger charge is 2.20. The lowest BCUT2D eigenvalue weighted by molar-refractivity contribution is -0.0492. The second kappa shape index (κ2) is 6.85. The first kappa shape index (κ1) is 17.4. The zero-order valence-electron chi connectivity index (χ0n) is 13.6. The summed E-state index contributed by atoms with van der Waals surface area (Å²) in [6.07, 6.45) is 2.84. The molecule has 25 heavy (non-hydrogen) atoms. The number of ether oxygens (including phenoxy) is 2. The van der Waals surface area contributed by atoms with Gasteiger partial charge >= 0.3 is 5.97 Å². The van der Waals surface area contributed by atoms with Crippen LogP contribution in [0.5, 0.6) is 11.5 Å². The second-order valence-corrected chi connectivity index (χ2v) is 8.02. The lowest BCUT2D eigenvalue weighted by Gasteiger charge is -2.26. The van der Waals surface area contributed by atoms with Crippen LogP contribution in [0.15, 0.2) is 47.4 Å². The third-order valence-electron chi connectivity index (χ3n) is 3.96. The number of carboxylic acids is 1. The maximum atomic E-state index is 11.5. The predicted octanol–water partition coefficient (Wildman–Crippen LogP) is 2.91. The van der Waals surface area contributed by atoms with Crippen LogP contribution >= 0.6 is 0 Å². The molecule has 132 valence electrons. The summed E-state index contributed by atoms with van der Waals surface area (Å²) >= 11 is 0. The number of sulfone groups is 1. The number of aromatic carboxylic acids is 1. The van der Waals surface area contributed by atoms with E-state index in [1.54, 1.807) is 24.3 Å². The topological polar surface area (TPSA) is 89.9 Å². The Morgan fingerprint density at radius 2 is 1.88 bits per heavy atom. The maximum absolute atomic E-state index is 11.5. The fraction of sp³-hybridized carbons (Fsp3) is 0.278. The standard InChI is InChI=1S/C18H18O6S/c1-25(21,22)17-4-2-14(3-5-17)24-16-10-12(9-15-6-7-23-15)8-13(11-16)18(19)20/h2-5,8,10-11,15H,6-7,9H2,1H3,(H,19,20). The summed E-state index contributed by atoms with van der Waals surface area (Å²) in [6.45, 7) is 0.735. The molecule has 0 saturated carbocycles. The first-order valence-electron chi connectivity index (χ1n) is 7.78. The van der Waals surface area contributed by atoms with Crippen LogP contribution in [-0.2, 0) is 21.0 Å². The minimum Gasteiger partial charge on any atom is -0.478 e. The van der Waals surface area contributed by atoms with Gasteiger partial charge in [-0.2, -0.15) is 0 Å². The highest BCUT2D eigenvalue weighted by atomic mass is 32.2. The van der Waals surface area contributed by atoms with E-state index in [0.29, 0.717) is 17.9 Å². The predicted molar refractivity (Wildman–Crippen MR) is 91.1 cm³/mol. The second-order valence-electron chi connectivity index (χ2n) is 6.00. The van der Waals surface area contributed by atoms with Gasteiger partial charge in [-0.3, -0.25) is 0 Å². The molecule has 0 spiro atoms. The van der Waals surface area contributed by atoms with Crippen LogP contribution < -0.4 is 4.74 Å². The van der Waals surface area contributed by atoms with E-state index in [1.807, 2.05) is 0 Å². The van der Waals surface area contributed by atoms with Crippen molar-refractivity contribution >= 4 is 15.8 Å². The molecule has 1 fully saturated rings. The number of benzene rings is 2. The third kappa shape index (κ3) is 4.37. The smallest absolute Gasteiger partial charge is 0.335 e. The zero-order chi connectivity index (χ0) is 18.0. The van der Waals surface area contributed by atoms with E-state index in [9.17, 15) is 18.3 Å². The van der Waals surface area contributed by atoms with Crippen molar-refractivity contribution in [1.82, 2.24) is 0 Å². The molecular weight excluding hydrogens is 344 g/mol. The van der Waals surface area contributed by atoms with Gasteiger partial charge < -0.3 is 14.6 Å². The van der Waals surface area contributed by atoms with Gasteiger partial charge in [0.15, 0.2) is 9.84 Å². The van der Waals surface area contributed by atoms with E-state index in [1.165, 1.54) is 18.2 Å². The monoisotopic (exact) mass is 362 g/mol. The van der Waals surface area contributed by atoms with Crippen molar-refractivity contribution in [2.45, 2.75) is 23.8 Å². The fourth-order valence-electron chi connectivity index (χ4n) is 2.56. The SMILES string of the molecule is CS(=O)(=O)c1ccc(Oc2cc(CC3CCO3)cc(C(=O)O)c2)cc1. The van der Waals surface area contributed by atoms with E-state index in [2.05, 4.69) is 0 Å². The van der Waals surface area contributed by atoms with Crippen LogP contribution in [0.4, 0.5) is 0 Å². The molecule has 1 aliphatic rings. The highest BCUT2D eigenvalue weighted by molar-refractivity contribution is 7.90. The van der Waals surface area contributed by atoms with Crippen molar-refractivity contribution < 1.29 is 27.8 Å². The largest absolute Gasteiger partial charge is 0.478 e. The quantitative estimate of drug-likeness (QED) is 0.850. The average molecular weight is 362 g/mol. The molecule has 0 amide bonds. The van der Waals surface area contributed by atoms with Crippen molar-refractivity contribution in [2.24, 2.45) is 0 Å². The van der Waals surface area contributed by atoms with Crippen molar-refractivity contribution in [2.75, 3.05) is 12.9 Å². The van der Waals surface area contributed by atoms with Crippen molar-refractivity contribution in [3.05, 3.63) is 53.6 Å². The van der Waals surface area contributed by atoms with Gasteiger partial charge in [0, 0.05) is 12.9 Å². The molecule has 0 aliphatic carbocycles. The van der Waals surface area contributed by atoms with Gasteiger partial charge in [0.2, 0.25) is 0 Å². The van der Waals surface area contributed by atoms with Crippen molar-refractivity contribution in [3.63, 3.8) is 0 Å². The molecule has 2 aromatic carbocycles. The van der Waals surface area contributed by atoms with Crippen molar-refractivity contribution in [1.29, 1.82) is 0 Å². The molecule has 3 rings (SSSR count). The Bertz CT molecular complexity index is 882. The number of hydrogen-bond donors (Lipinski definition) is 1. The lowest BCUT2D eigenvalue weighted by atomic mass is 10.0. The Hall–Kier alpha value is -2.38. The van der Waals surface area contributed by atoms with Crippen LogP contribution in [0, 0.1) is 0 Å². The van der Waals surface area contributed by atoms with Gasteiger partial charge in [-0.15, -0.1) is 0 Å². The van der Waals surface area contributed by atoms with Crippen LogP contribution in [-0.4, -0.2) is 38.5 Å². The van der Waals surface area contributed by atoms with Crippen molar-refractivity contribution in [3.8, 4) is 11.5 Å². The summed E-state index contributed by atoms with van der Waals surface area (Å²) in [6, 6.07) is 10.8. The number of carboxylic acid groups (broad SMARTS) is 1. The molecule has 0 aromatic heterocycles. The average Bonchev–Trinajstić information content (AvgIpc) is 2.50. The van der Waals surface area contributed by atoms with Gasteiger partial charge in [0.05, 0.1) is 16.6 Å². The Balaban J connectivity index is 1.84. The van der Waals surface area contributed by atoms with E-state index in [4.69, 9.17) is 9.47 Å². The number of rotatable bonds is 6. The normalized spacial score (nSPS) is 16.9. The molecule has 1 N–H and O–H groups in total. The Labute approximate surface area is 145 Å². The first-order valence-corrected chi connectivity index (χ1v) is 9.67. The molecule has 1 heterocycles. The van der Waals surface area contributed by atoms with E-state index >= 15 is 0 Å². The Morgan fingerprint density at radius 3 is 2.40 bits per heavy atom. The third-order valence-corrected chi connectivity index (χ3v) is 5.09. The summed E-state index contributed by atoms with van der Waals surface area (Å²) in [5.74, 6) is -0.212. The van der Waals surface area contributed by atoms with Gasteiger partial charge in [0.25, 0.3) is 0 Å². The minimum absolute atomic E-state index is 0.117. The number of carbonyl (C=O) groups is 1. The summed E-state index contributed by atoms with van der Waals surface area (Å²) in [4.78, 5) is 11.5. The lowest BCUT2D eigenvalue weighted by Crippen LogP contribution is -2.28. The fourth-order valence-corrected chi connectivity index (χ4v) is 3.19. The van der Waals surface area contributed by atoms with E-state index < -0.39 is 15.8 Å². The highest BCUT2D eigenvalue weighted by Crippen LogP contribution is 2.27. The molecular formula is C18H18O6S. The summed E-state index contributed by atoms with van der Waals surface area (Å²) in [5, 5.41) is 9.28. The summed E-state index contributed by atoms with van der Waals surface area (Å²) in [5.41, 5.74) is 0.965. The maximum Gasteiger partial charge on any atom is 0.335 e. The van der Waals surface area contributed by atoms with Gasteiger partial charge in [-0.25, -0.2) is 13.2 Å². The Kier molecular flexibility index (Phi) is 4.78. The van der Waals surface area contributed by atoms with Gasteiger partial charge in [-0.1, -0.05) is 0 Å². The number of hydrogen-bond acceptors (Lipinski definition) is 5. The summed E-state index contributed by atoms with van der Waals surface area (Å²) in [7, 11) is -3.27. The molecule has 1 saturated heterocycles. The van der Waals surface area contributed by atoms with Crippen LogP contribution in [0.1, 0.15) is 22.3 Å². The van der Waals surface area contributed by atoms with Crippen LogP contribution in [0.25, 0.3) is 0 Å². The van der Waals surface area contributed by atoms with Crippen LogP contribution in [0.2, 0.25) is 0 Å². The molecule has 6 nitrogen and oxygen atoms in total. The van der Waals surface area contributed by atoms with Gasteiger partial charge in [0.1, 0.15) is 11.5 Å².